The molecule has 114 valence electrons. The summed E-state index contributed by atoms with van der Waals surface area (Å²) in [6.45, 7) is 2.84. The predicted octanol–water partition coefficient (Wildman–Crippen LogP) is 3.80. The maximum Gasteiger partial charge on any atom is 0.168 e. The predicted molar refractivity (Wildman–Crippen MR) is 83.9 cm³/mol. The number of halogens is 1. The van der Waals surface area contributed by atoms with E-state index in [4.69, 9.17) is 9.47 Å². The Bertz CT molecular complexity index is 585. The van der Waals surface area contributed by atoms with Gasteiger partial charge in [0, 0.05) is 6.04 Å². The lowest BCUT2D eigenvalue weighted by molar-refractivity contribution is 0.381. The van der Waals surface area contributed by atoms with Crippen LogP contribution in [0.1, 0.15) is 23.4 Å². The van der Waals surface area contributed by atoms with Crippen molar-refractivity contribution in [3.05, 3.63) is 45.9 Å². The highest BCUT2D eigenvalue weighted by Crippen LogP contribution is 2.34. The SMILES string of the molecule is CCNC(Cc1cccc(OC)c1F)c1sccc1OC. The van der Waals surface area contributed by atoms with Gasteiger partial charge >= 0.3 is 0 Å². The maximum atomic E-state index is 14.3. The lowest BCUT2D eigenvalue weighted by Crippen LogP contribution is -2.23. The summed E-state index contributed by atoms with van der Waals surface area (Å²) in [7, 11) is 3.13. The van der Waals surface area contributed by atoms with Crippen LogP contribution >= 0.6 is 11.3 Å². The van der Waals surface area contributed by atoms with Gasteiger partial charge in [0.2, 0.25) is 0 Å². The molecule has 1 heterocycles. The Labute approximate surface area is 128 Å². The number of hydrogen-bond donors (Lipinski definition) is 1. The molecule has 0 aliphatic carbocycles. The average molecular weight is 309 g/mol. The molecule has 3 nitrogen and oxygen atoms in total. The van der Waals surface area contributed by atoms with Crippen LogP contribution in [0.25, 0.3) is 0 Å². The van der Waals surface area contributed by atoms with Crippen molar-refractivity contribution < 1.29 is 13.9 Å². The van der Waals surface area contributed by atoms with Crippen molar-refractivity contribution in [3.8, 4) is 11.5 Å². The first-order valence-electron chi connectivity index (χ1n) is 6.87. The maximum absolute atomic E-state index is 14.3. The Morgan fingerprint density at radius 3 is 2.62 bits per heavy atom. The number of rotatable bonds is 7. The second-order valence-corrected chi connectivity index (χ2v) is 5.55. The topological polar surface area (TPSA) is 30.5 Å². The van der Waals surface area contributed by atoms with Crippen LogP contribution in [0.4, 0.5) is 4.39 Å². The van der Waals surface area contributed by atoms with Crippen LogP contribution in [0.5, 0.6) is 11.5 Å². The van der Waals surface area contributed by atoms with Crippen molar-refractivity contribution in [1.29, 1.82) is 0 Å². The highest BCUT2D eigenvalue weighted by molar-refractivity contribution is 7.10. The zero-order chi connectivity index (χ0) is 15.2. The summed E-state index contributed by atoms with van der Waals surface area (Å²) in [5, 5.41) is 5.38. The fourth-order valence-electron chi connectivity index (χ4n) is 2.33. The summed E-state index contributed by atoms with van der Waals surface area (Å²) in [6, 6.07) is 7.19. The molecule has 0 bridgehead atoms. The summed E-state index contributed by atoms with van der Waals surface area (Å²) >= 11 is 1.62. The molecule has 0 saturated heterocycles. The Hall–Kier alpha value is -1.59. The van der Waals surface area contributed by atoms with Gasteiger partial charge in [-0.15, -0.1) is 11.3 Å². The third kappa shape index (κ3) is 3.54. The van der Waals surface area contributed by atoms with Crippen molar-refractivity contribution in [2.45, 2.75) is 19.4 Å². The summed E-state index contributed by atoms with van der Waals surface area (Å²) < 4.78 is 24.7. The van der Waals surface area contributed by atoms with E-state index in [1.165, 1.54) is 7.11 Å². The first kappa shape index (κ1) is 15.8. The van der Waals surface area contributed by atoms with E-state index in [0.717, 1.165) is 17.2 Å². The van der Waals surface area contributed by atoms with Crippen LogP contribution < -0.4 is 14.8 Å². The molecule has 1 aromatic heterocycles. The molecule has 2 aromatic rings. The fraction of sp³-hybridized carbons (Fsp3) is 0.375. The molecule has 0 aliphatic rings. The Morgan fingerprint density at radius 2 is 1.95 bits per heavy atom. The summed E-state index contributed by atoms with van der Waals surface area (Å²) in [5.74, 6) is 0.827. The van der Waals surface area contributed by atoms with Gasteiger partial charge in [0.05, 0.1) is 19.1 Å². The largest absolute Gasteiger partial charge is 0.496 e. The van der Waals surface area contributed by atoms with Crippen LogP contribution in [0.15, 0.2) is 29.6 Å². The van der Waals surface area contributed by atoms with Gasteiger partial charge in [0.25, 0.3) is 0 Å². The quantitative estimate of drug-likeness (QED) is 0.844. The van der Waals surface area contributed by atoms with Crippen LogP contribution in [0.2, 0.25) is 0 Å². The summed E-state index contributed by atoms with van der Waals surface area (Å²) in [4.78, 5) is 1.08. The number of nitrogens with one attached hydrogen (secondary N) is 1. The van der Waals surface area contributed by atoms with Crippen molar-refractivity contribution in [3.63, 3.8) is 0 Å². The van der Waals surface area contributed by atoms with Crippen LogP contribution in [-0.4, -0.2) is 20.8 Å². The zero-order valence-electron chi connectivity index (χ0n) is 12.5. The van der Waals surface area contributed by atoms with Crippen LogP contribution in [-0.2, 0) is 6.42 Å². The molecule has 0 spiro atoms. The zero-order valence-corrected chi connectivity index (χ0v) is 13.3. The molecule has 1 aromatic carbocycles. The van der Waals surface area contributed by atoms with Gasteiger partial charge in [-0.1, -0.05) is 19.1 Å². The monoisotopic (exact) mass is 309 g/mol. The van der Waals surface area contributed by atoms with Crippen molar-refractivity contribution in [2.24, 2.45) is 0 Å². The van der Waals surface area contributed by atoms with Crippen molar-refractivity contribution in [2.75, 3.05) is 20.8 Å². The number of ether oxygens (including phenoxy) is 2. The molecule has 0 aliphatic heterocycles. The average Bonchev–Trinajstić information content (AvgIpc) is 2.97. The molecular weight excluding hydrogens is 289 g/mol. The van der Waals surface area contributed by atoms with Gasteiger partial charge in [-0.2, -0.15) is 0 Å². The smallest absolute Gasteiger partial charge is 0.168 e. The van der Waals surface area contributed by atoms with Gasteiger partial charge in [-0.05, 0) is 36.0 Å². The third-order valence-electron chi connectivity index (χ3n) is 3.33. The number of likely N-dealkylation sites (N-methyl/N-ethyl adjacent to an activating group) is 1. The number of thiophene rings is 1. The molecule has 5 heteroatoms. The third-order valence-corrected chi connectivity index (χ3v) is 4.34. The summed E-state index contributed by atoms with van der Waals surface area (Å²) in [5.41, 5.74) is 0.635. The van der Waals surface area contributed by atoms with Crippen LogP contribution in [0.3, 0.4) is 0 Å². The van der Waals surface area contributed by atoms with E-state index in [2.05, 4.69) is 5.32 Å². The molecule has 21 heavy (non-hydrogen) atoms. The minimum Gasteiger partial charge on any atom is -0.496 e. The van der Waals surface area contributed by atoms with E-state index in [1.54, 1.807) is 30.6 Å². The minimum absolute atomic E-state index is 0.0200. The number of hydrogen-bond acceptors (Lipinski definition) is 4. The lowest BCUT2D eigenvalue weighted by atomic mass is 10.0. The second-order valence-electron chi connectivity index (χ2n) is 4.60. The van der Waals surface area contributed by atoms with Gasteiger partial charge < -0.3 is 14.8 Å². The van der Waals surface area contributed by atoms with E-state index >= 15 is 0 Å². The minimum atomic E-state index is -0.293. The Balaban J connectivity index is 2.28. The molecule has 0 fully saturated rings. The highest BCUT2D eigenvalue weighted by atomic mass is 32.1. The van der Waals surface area contributed by atoms with Crippen LogP contribution in [0, 0.1) is 5.82 Å². The molecule has 1 N–H and O–H groups in total. The second kappa shape index (κ2) is 7.43. The van der Waals surface area contributed by atoms with Gasteiger partial charge in [-0.3, -0.25) is 0 Å². The van der Waals surface area contributed by atoms with E-state index in [-0.39, 0.29) is 17.6 Å². The van der Waals surface area contributed by atoms with Gasteiger partial charge in [-0.25, -0.2) is 4.39 Å². The van der Waals surface area contributed by atoms with Gasteiger partial charge in [0.15, 0.2) is 11.6 Å². The Morgan fingerprint density at radius 1 is 1.19 bits per heavy atom. The molecule has 1 atom stereocenters. The first-order chi connectivity index (χ1) is 10.2. The van der Waals surface area contributed by atoms with Crippen molar-refractivity contribution >= 4 is 11.3 Å². The molecule has 0 saturated carbocycles. The standard InChI is InChI=1S/C16H20FNO2S/c1-4-18-12(16-14(20-3)8-9-21-16)10-11-6-5-7-13(19-2)15(11)17/h5-9,12,18H,4,10H2,1-3H3. The molecule has 0 amide bonds. The number of methoxy groups -OCH3 is 2. The lowest BCUT2D eigenvalue weighted by Gasteiger charge is -2.19. The first-order valence-corrected chi connectivity index (χ1v) is 7.75. The molecule has 0 radical (unpaired) electrons. The van der Waals surface area contributed by atoms with E-state index in [0.29, 0.717) is 12.0 Å². The highest BCUT2D eigenvalue weighted by Gasteiger charge is 2.20. The normalized spacial score (nSPS) is 12.2. The molecule has 2 rings (SSSR count). The molecule has 1 unspecified atom stereocenters. The number of benzene rings is 1. The van der Waals surface area contributed by atoms with E-state index in [1.807, 2.05) is 24.4 Å². The van der Waals surface area contributed by atoms with E-state index in [9.17, 15) is 4.39 Å². The Kier molecular flexibility index (Phi) is 5.59. The molecular formula is C16H20FNO2S. The fourth-order valence-corrected chi connectivity index (χ4v) is 3.26. The van der Waals surface area contributed by atoms with Gasteiger partial charge in [0.1, 0.15) is 5.75 Å². The summed E-state index contributed by atoms with van der Waals surface area (Å²) in [6.07, 6.45) is 0.549. The van der Waals surface area contributed by atoms with Crippen molar-refractivity contribution in [1.82, 2.24) is 5.32 Å². The van der Waals surface area contributed by atoms with E-state index < -0.39 is 0 Å².